The third-order valence-corrected chi connectivity index (χ3v) is 4.02. The molecule has 3 rings (SSSR count). The lowest BCUT2D eigenvalue weighted by Gasteiger charge is -2.15. The highest BCUT2D eigenvalue weighted by atomic mass is 14.9. The highest BCUT2D eigenvalue weighted by Crippen LogP contribution is 2.37. The van der Waals surface area contributed by atoms with Crippen molar-refractivity contribution in [2.45, 2.75) is 32.7 Å². The van der Waals surface area contributed by atoms with Crippen molar-refractivity contribution in [3.05, 3.63) is 59.2 Å². The van der Waals surface area contributed by atoms with Crippen molar-refractivity contribution in [3.63, 3.8) is 0 Å². The van der Waals surface area contributed by atoms with Gasteiger partial charge >= 0.3 is 0 Å². The van der Waals surface area contributed by atoms with Crippen LogP contribution in [-0.4, -0.2) is 6.54 Å². The van der Waals surface area contributed by atoms with Gasteiger partial charge in [-0.05, 0) is 54.1 Å². The third kappa shape index (κ3) is 2.31. The van der Waals surface area contributed by atoms with Crippen LogP contribution in [0, 0.1) is 0 Å². The van der Waals surface area contributed by atoms with Crippen LogP contribution in [0.2, 0.25) is 0 Å². The summed E-state index contributed by atoms with van der Waals surface area (Å²) in [7, 11) is 0. The van der Waals surface area contributed by atoms with Crippen molar-refractivity contribution in [1.82, 2.24) is 5.32 Å². The van der Waals surface area contributed by atoms with Crippen LogP contribution in [0.4, 0.5) is 0 Å². The molecule has 1 heteroatoms. The molecule has 0 radical (unpaired) electrons. The maximum Gasteiger partial charge on any atom is 0.0291 e. The van der Waals surface area contributed by atoms with Gasteiger partial charge in [-0.2, -0.15) is 0 Å². The molecule has 98 valence electrons. The smallest absolute Gasteiger partial charge is 0.0291 e. The lowest BCUT2D eigenvalue weighted by molar-refractivity contribution is 0.570. The molecule has 0 amide bonds. The summed E-state index contributed by atoms with van der Waals surface area (Å²) in [6, 6.07) is 16.1. The predicted molar refractivity (Wildman–Crippen MR) is 81.4 cm³/mol. The molecule has 0 saturated heterocycles. The summed E-state index contributed by atoms with van der Waals surface area (Å²) in [6.45, 7) is 5.54. The second-order valence-corrected chi connectivity index (χ2v) is 5.43. The van der Waals surface area contributed by atoms with E-state index in [9.17, 15) is 0 Å². The maximum atomic E-state index is 3.56. The van der Waals surface area contributed by atoms with E-state index in [1.807, 2.05) is 0 Å². The van der Waals surface area contributed by atoms with Gasteiger partial charge in [0.05, 0.1) is 0 Å². The first-order chi connectivity index (χ1) is 9.29. The minimum absolute atomic E-state index is 0.439. The summed E-state index contributed by atoms with van der Waals surface area (Å²) < 4.78 is 0. The number of hydrogen-bond acceptors (Lipinski definition) is 1. The van der Waals surface area contributed by atoms with Crippen LogP contribution in [-0.2, 0) is 6.42 Å². The van der Waals surface area contributed by atoms with E-state index in [4.69, 9.17) is 0 Å². The van der Waals surface area contributed by atoms with E-state index in [2.05, 4.69) is 61.6 Å². The van der Waals surface area contributed by atoms with Crippen LogP contribution in [0.25, 0.3) is 11.1 Å². The van der Waals surface area contributed by atoms with Crippen molar-refractivity contribution in [2.24, 2.45) is 0 Å². The standard InChI is InChI=1S/C18H21N/c1-3-10-19-13(2)14-8-9-18-16(11-14)12-15-6-4-5-7-17(15)18/h4-9,11,13,19H,3,10,12H2,1-2H3. The van der Waals surface area contributed by atoms with Crippen molar-refractivity contribution in [2.75, 3.05) is 6.54 Å². The second-order valence-electron chi connectivity index (χ2n) is 5.43. The molecular weight excluding hydrogens is 230 g/mol. The van der Waals surface area contributed by atoms with Crippen molar-refractivity contribution >= 4 is 0 Å². The van der Waals surface area contributed by atoms with Crippen molar-refractivity contribution < 1.29 is 0 Å². The van der Waals surface area contributed by atoms with Gasteiger partial charge in [0, 0.05) is 6.04 Å². The van der Waals surface area contributed by atoms with E-state index in [-0.39, 0.29) is 0 Å². The molecule has 1 N–H and O–H groups in total. The SMILES string of the molecule is CCCNC(C)c1ccc2c(c1)Cc1ccccc1-2. The molecule has 1 aliphatic rings. The number of hydrogen-bond donors (Lipinski definition) is 1. The fraction of sp³-hybridized carbons (Fsp3) is 0.333. The molecule has 1 unspecified atom stereocenters. The summed E-state index contributed by atoms with van der Waals surface area (Å²) in [5, 5.41) is 3.56. The first kappa shape index (κ1) is 12.4. The normalized spacial score (nSPS) is 14.0. The van der Waals surface area contributed by atoms with Gasteiger partial charge in [0.1, 0.15) is 0 Å². The van der Waals surface area contributed by atoms with E-state index in [1.54, 1.807) is 0 Å². The van der Waals surface area contributed by atoms with Gasteiger partial charge in [0.15, 0.2) is 0 Å². The molecule has 0 aliphatic heterocycles. The van der Waals surface area contributed by atoms with E-state index < -0.39 is 0 Å². The first-order valence-electron chi connectivity index (χ1n) is 7.24. The van der Waals surface area contributed by atoms with Crippen molar-refractivity contribution in [1.29, 1.82) is 0 Å². The highest BCUT2D eigenvalue weighted by molar-refractivity contribution is 5.76. The Balaban J connectivity index is 1.89. The Kier molecular flexibility index (Phi) is 3.39. The Morgan fingerprint density at radius 1 is 1.05 bits per heavy atom. The highest BCUT2D eigenvalue weighted by Gasteiger charge is 2.18. The minimum atomic E-state index is 0.439. The monoisotopic (exact) mass is 251 g/mol. The molecule has 2 aromatic carbocycles. The van der Waals surface area contributed by atoms with Crippen LogP contribution in [0.3, 0.4) is 0 Å². The van der Waals surface area contributed by atoms with E-state index in [1.165, 1.54) is 34.2 Å². The molecule has 1 atom stereocenters. The summed E-state index contributed by atoms with van der Waals surface area (Å²) in [4.78, 5) is 0. The molecule has 0 bridgehead atoms. The minimum Gasteiger partial charge on any atom is -0.310 e. The zero-order valence-corrected chi connectivity index (χ0v) is 11.7. The Hall–Kier alpha value is -1.60. The average Bonchev–Trinajstić information content (AvgIpc) is 2.82. The van der Waals surface area contributed by atoms with Crippen LogP contribution in [0.5, 0.6) is 0 Å². The summed E-state index contributed by atoms with van der Waals surface area (Å²) in [5.41, 5.74) is 7.17. The lowest BCUT2D eigenvalue weighted by Crippen LogP contribution is -2.19. The fourth-order valence-electron chi connectivity index (χ4n) is 2.91. The molecule has 0 spiro atoms. The Bertz CT molecular complexity index is 586. The van der Waals surface area contributed by atoms with Gasteiger partial charge in [-0.25, -0.2) is 0 Å². The van der Waals surface area contributed by atoms with Gasteiger partial charge in [-0.3, -0.25) is 0 Å². The van der Waals surface area contributed by atoms with Crippen LogP contribution in [0.1, 0.15) is 43.0 Å². The van der Waals surface area contributed by atoms with E-state index >= 15 is 0 Å². The molecule has 0 aromatic heterocycles. The Morgan fingerprint density at radius 2 is 1.84 bits per heavy atom. The quantitative estimate of drug-likeness (QED) is 0.728. The zero-order valence-electron chi connectivity index (χ0n) is 11.7. The zero-order chi connectivity index (χ0) is 13.2. The van der Waals surface area contributed by atoms with Crippen molar-refractivity contribution in [3.8, 4) is 11.1 Å². The molecule has 19 heavy (non-hydrogen) atoms. The number of fused-ring (bicyclic) bond motifs is 3. The maximum absolute atomic E-state index is 3.56. The van der Waals surface area contributed by atoms with Gasteiger partial charge in [0.25, 0.3) is 0 Å². The van der Waals surface area contributed by atoms with Crippen LogP contribution < -0.4 is 5.32 Å². The molecule has 0 fully saturated rings. The average molecular weight is 251 g/mol. The fourth-order valence-corrected chi connectivity index (χ4v) is 2.91. The van der Waals surface area contributed by atoms with Crippen LogP contribution >= 0.6 is 0 Å². The predicted octanol–water partition coefficient (Wildman–Crippen LogP) is 4.32. The van der Waals surface area contributed by atoms with Gasteiger partial charge < -0.3 is 5.32 Å². The summed E-state index contributed by atoms with van der Waals surface area (Å²) in [5.74, 6) is 0. The number of rotatable bonds is 4. The first-order valence-corrected chi connectivity index (χ1v) is 7.24. The van der Waals surface area contributed by atoms with Gasteiger partial charge in [-0.15, -0.1) is 0 Å². The molecule has 2 aromatic rings. The summed E-state index contributed by atoms with van der Waals surface area (Å²) >= 11 is 0. The molecule has 1 aliphatic carbocycles. The number of nitrogens with one attached hydrogen (secondary N) is 1. The van der Waals surface area contributed by atoms with E-state index in [0.717, 1.165) is 13.0 Å². The van der Waals surface area contributed by atoms with Gasteiger partial charge in [0.2, 0.25) is 0 Å². The Morgan fingerprint density at radius 3 is 2.68 bits per heavy atom. The largest absolute Gasteiger partial charge is 0.310 e. The Labute approximate surface area is 115 Å². The lowest BCUT2D eigenvalue weighted by atomic mass is 10.0. The summed E-state index contributed by atoms with van der Waals surface area (Å²) in [6.07, 6.45) is 2.26. The molecule has 0 saturated carbocycles. The molecule has 1 nitrogen and oxygen atoms in total. The number of benzene rings is 2. The van der Waals surface area contributed by atoms with Gasteiger partial charge in [-0.1, -0.05) is 49.4 Å². The third-order valence-electron chi connectivity index (χ3n) is 4.02. The van der Waals surface area contributed by atoms with Crippen LogP contribution in [0.15, 0.2) is 42.5 Å². The van der Waals surface area contributed by atoms with E-state index in [0.29, 0.717) is 6.04 Å². The topological polar surface area (TPSA) is 12.0 Å². The molecule has 0 heterocycles. The molecular formula is C18H21N. The second kappa shape index (κ2) is 5.18.